The lowest BCUT2D eigenvalue weighted by Gasteiger charge is -2.33. The summed E-state index contributed by atoms with van der Waals surface area (Å²) in [6.45, 7) is 8.41. The van der Waals surface area contributed by atoms with Crippen LogP contribution in [0.4, 0.5) is 0 Å². The Balaban J connectivity index is 0.681. The van der Waals surface area contributed by atoms with Crippen LogP contribution in [0.25, 0.3) is 0 Å². The van der Waals surface area contributed by atoms with Gasteiger partial charge in [-0.05, 0) is 120 Å². The van der Waals surface area contributed by atoms with Crippen LogP contribution in [0.15, 0.2) is 82.6 Å². The molecule has 0 fully saturated rings. The lowest BCUT2D eigenvalue weighted by Crippen LogP contribution is -2.34. The smallest absolute Gasteiger partial charge is 0.246 e. The Morgan fingerprint density at radius 1 is 0.537 bits per heavy atom. The average Bonchev–Trinajstić information content (AvgIpc) is 3.30. The van der Waals surface area contributed by atoms with Crippen molar-refractivity contribution in [3.63, 3.8) is 0 Å². The Bertz CT molecular complexity index is 2030. The van der Waals surface area contributed by atoms with Gasteiger partial charge in [0.2, 0.25) is 11.8 Å². The summed E-state index contributed by atoms with van der Waals surface area (Å²) >= 11 is 28.9. The van der Waals surface area contributed by atoms with Crippen LogP contribution in [0.2, 0.25) is 20.1 Å². The first kappa shape index (κ1) is 53.7. The van der Waals surface area contributed by atoms with E-state index in [9.17, 15) is 9.59 Å². The first-order valence-electron chi connectivity index (χ1n) is 22.3. The highest BCUT2D eigenvalue weighted by Gasteiger charge is 2.28. The van der Waals surface area contributed by atoms with Crippen LogP contribution < -0.4 is 20.1 Å². The van der Waals surface area contributed by atoms with Crippen LogP contribution in [0.5, 0.6) is 0 Å². The number of carbonyl (C=O) groups excluding carboxylic acids is 2. The fourth-order valence-corrected chi connectivity index (χ4v) is 10.2. The van der Waals surface area contributed by atoms with Gasteiger partial charge in [0.05, 0.1) is 52.9 Å². The topological polar surface area (TPSA) is 135 Å². The zero-order valence-corrected chi connectivity index (χ0v) is 42.5. The summed E-state index contributed by atoms with van der Waals surface area (Å²) in [6, 6.07) is 24.9. The van der Waals surface area contributed by atoms with Crippen molar-refractivity contribution in [2.75, 3.05) is 119 Å². The van der Waals surface area contributed by atoms with Crippen molar-refractivity contribution in [3.8, 4) is 0 Å². The lowest BCUT2D eigenvalue weighted by molar-refractivity contribution is -0.131. The molecule has 2 unspecified atom stereocenters. The van der Waals surface area contributed by atoms with E-state index < -0.39 is 0 Å². The van der Waals surface area contributed by atoms with E-state index >= 15 is 0 Å². The lowest BCUT2D eigenvalue weighted by atomic mass is 9.85. The second kappa shape index (κ2) is 28.9. The maximum absolute atomic E-state index is 12.0. The minimum absolute atomic E-state index is 0.208. The molecule has 0 saturated heterocycles. The molecule has 2 aliphatic rings. The number of hydrogen-bond donors (Lipinski definition) is 4. The number of likely N-dealkylation sites (N-methyl/N-ethyl adjacent to an activating group) is 2. The van der Waals surface area contributed by atoms with Crippen molar-refractivity contribution in [3.05, 3.63) is 126 Å². The summed E-state index contributed by atoms with van der Waals surface area (Å²) in [7, 11) is 4.22. The molecular weight excluding hydrogens is 979 g/mol. The van der Waals surface area contributed by atoms with Crippen LogP contribution >= 0.6 is 70.3 Å². The molecule has 2 atom stereocenters. The van der Waals surface area contributed by atoms with Crippen LogP contribution in [0.3, 0.4) is 0 Å². The summed E-state index contributed by atoms with van der Waals surface area (Å²) in [6.07, 6.45) is 0. The Hall–Kier alpha value is -2.68. The minimum atomic E-state index is -0.328. The first-order valence-corrected chi connectivity index (χ1v) is 25.4. The summed E-state index contributed by atoms with van der Waals surface area (Å²) < 4.78 is 34.3. The molecule has 0 spiro atoms. The summed E-state index contributed by atoms with van der Waals surface area (Å²) in [5.74, 6) is -0.239. The largest absolute Gasteiger partial charge is 0.378 e. The van der Waals surface area contributed by atoms with E-state index in [0.717, 1.165) is 57.1 Å². The third-order valence-corrected chi connectivity index (χ3v) is 13.8. The second-order valence-electron chi connectivity index (χ2n) is 16.2. The van der Waals surface area contributed by atoms with Gasteiger partial charge >= 0.3 is 0 Å². The average molecular weight is 1040 g/mol. The van der Waals surface area contributed by atoms with Gasteiger partial charge in [-0.25, -0.2) is 0 Å². The molecule has 67 heavy (non-hydrogen) atoms. The number of rotatable bonds is 28. The van der Waals surface area contributed by atoms with E-state index in [1.54, 1.807) is 23.9 Å². The van der Waals surface area contributed by atoms with E-state index in [1.165, 1.54) is 22.3 Å². The molecule has 0 saturated carbocycles. The molecular formula is C48H60Cl4N6O7S2. The van der Waals surface area contributed by atoms with E-state index in [1.807, 2.05) is 24.3 Å². The maximum atomic E-state index is 12.0. The third-order valence-electron chi connectivity index (χ3n) is 11.0. The molecule has 0 aromatic heterocycles. The monoisotopic (exact) mass is 1040 g/mol. The summed E-state index contributed by atoms with van der Waals surface area (Å²) in [5.41, 5.74) is 7.14. The summed E-state index contributed by atoms with van der Waals surface area (Å²) in [4.78, 5) is 30.9. The SMILES string of the molecule is CN1Cc2c(Cl)cc(Cl)cc2C(c2ccc(SNCCOCCOCCNC(=O)COCC(=O)NCCOCCOCCNSc3ccc(C4CN(C)Cc5c(Cl)cc(Cl)cc54)cc3)cc2)C1. The van der Waals surface area contributed by atoms with Gasteiger partial charge in [0.1, 0.15) is 13.2 Å². The molecule has 4 aromatic carbocycles. The third kappa shape index (κ3) is 17.9. The molecule has 4 aromatic rings. The summed E-state index contributed by atoms with van der Waals surface area (Å²) in [5, 5.41) is 8.18. The number of halogens is 4. The Kier molecular flexibility index (Phi) is 23.1. The molecule has 13 nitrogen and oxygen atoms in total. The van der Waals surface area contributed by atoms with Gasteiger partial charge in [-0.2, -0.15) is 0 Å². The molecule has 4 N–H and O–H groups in total. The van der Waals surface area contributed by atoms with Crippen molar-refractivity contribution < 1.29 is 33.3 Å². The molecule has 0 radical (unpaired) electrons. The first-order chi connectivity index (χ1) is 32.5. The van der Waals surface area contributed by atoms with Crippen LogP contribution in [-0.2, 0) is 46.4 Å². The Morgan fingerprint density at radius 2 is 0.910 bits per heavy atom. The molecule has 2 aliphatic heterocycles. The minimum Gasteiger partial charge on any atom is -0.378 e. The number of benzene rings is 4. The van der Waals surface area contributed by atoms with Gasteiger partial charge in [0, 0.05) is 94.1 Å². The maximum Gasteiger partial charge on any atom is 0.246 e. The normalized spacial score (nSPS) is 16.1. The van der Waals surface area contributed by atoms with E-state index in [2.05, 4.69) is 92.5 Å². The fourth-order valence-electron chi connectivity index (χ4n) is 7.80. The van der Waals surface area contributed by atoms with Gasteiger partial charge in [-0.1, -0.05) is 70.7 Å². The quantitative estimate of drug-likeness (QED) is 0.0328. The zero-order valence-electron chi connectivity index (χ0n) is 37.9. The van der Waals surface area contributed by atoms with E-state index in [4.69, 9.17) is 70.1 Å². The standard InChI is InChI=1S/C48H60Cl4N6O7S2/c1-57-27-41(39-23-35(49)25-45(51)43(39)29-57)33-3-7-37(8-4-33)66-55-13-17-63-21-19-61-15-11-53-47(59)31-65-32-48(60)54-12-16-62-20-22-64-18-14-56-67-38-9-5-34(6-10-38)42-28-58(2)30-44-40(42)24-36(50)26-46(44)52/h3-10,23-26,41-42,55-56H,11-22,27-32H2,1-2H3,(H,53,59)(H,54,60). The predicted octanol–water partition coefficient (Wildman–Crippen LogP) is 7.66. The molecule has 19 heteroatoms. The van der Waals surface area contributed by atoms with Crippen molar-refractivity contribution in [2.45, 2.75) is 34.7 Å². The van der Waals surface area contributed by atoms with Gasteiger partial charge in [-0.3, -0.25) is 19.0 Å². The fraction of sp³-hybridized carbons (Fsp3) is 0.458. The number of fused-ring (bicyclic) bond motifs is 2. The van der Waals surface area contributed by atoms with Gasteiger partial charge in [-0.15, -0.1) is 0 Å². The predicted molar refractivity (Wildman–Crippen MR) is 270 cm³/mol. The number of ether oxygens (including phenoxy) is 5. The van der Waals surface area contributed by atoms with Crippen LogP contribution in [0, 0.1) is 0 Å². The van der Waals surface area contributed by atoms with Crippen LogP contribution in [-0.4, -0.2) is 141 Å². The van der Waals surface area contributed by atoms with Gasteiger partial charge in [0.25, 0.3) is 0 Å². The highest BCUT2D eigenvalue weighted by molar-refractivity contribution is 7.97. The van der Waals surface area contributed by atoms with Crippen LogP contribution in [0.1, 0.15) is 45.2 Å². The Labute approximate surface area is 423 Å². The Morgan fingerprint density at radius 3 is 1.30 bits per heavy atom. The number of nitrogens with zero attached hydrogens (tertiary/aromatic N) is 2. The molecule has 0 bridgehead atoms. The molecule has 364 valence electrons. The molecule has 0 aliphatic carbocycles. The number of amides is 2. The molecule has 2 heterocycles. The van der Waals surface area contributed by atoms with Crippen molar-refractivity contribution in [1.29, 1.82) is 0 Å². The number of nitrogens with one attached hydrogen (secondary N) is 4. The van der Waals surface area contributed by atoms with Crippen molar-refractivity contribution in [1.82, 2.24) is 29.9 Å². The van der Waals surface area contributed by atoms with E-state index in [0.29, 0.717) is 89.1 Å². The number of hydrogen-bond acceptors (Lipinski definition) is 13. The molecule has 6 rings (SSSR count). The highest BCUT2D eigenvalue weighted by atomic mass is 35.5. The van der Waals surface area contributed by atoms with Crippen molar-refractivity contribution in [2.24, 2.45) is 0 Å². The van der Waals surface area contributed by atoms with Gasteiger partial charge < -0.3 is 44.1 Å². The number of carbonyl (C=O) groups is 2. The van der Waals surface area contributed by atoms with Crippen molar-refractivity contribution >= 4 is 82.1 Å². The second-order valence-corrected chi connectivity index (χ2v) is 19.8. The van der Waals surface area contributed by atoms with E-state index in [-0.39, 0.29) is 36.9 Å². The zero-order chi connectivity index (χ0) is 47.4. The highest BCUT2D eigenvalue weighted by Crippen LogP contribution is 2.40. The molecule has 2 amide bonds. The van der Waals surface area contributed by atoms with Gasteiger partial charge in [0.15, 0.2) is 0 Å².